The van der Waals surface area contributed by atoms with Crippen molar-refractivity contribution in [2.45, 2.75) is 39.2 Å². The van der Waals surface area contributed by atoms with E-state index >= 15 is 0 Å². The third kappa shape index (κ3) is 4.13. The molecule has 0 heterocycles. The van der Waals surface area contributed by atoms with Gasteiger partial charge in [-0.1, -0.05) is 19.8 Å². The Morgan fingerprint density at radius 2 is 2.25 bits per heavy atom. The summed E-state index contributed by atoms with van der Waals surface area (Å²) in [6.07, 6.45) is 3.58. The van der Waals surface area contributed by atoms with Crippen molar-refractivity contribution < 1.29 is 0 Å². The van der Waals surface area contributed by atoms with E-state index in [4.69, 9.17) is 7.05 Å². The van der Waals surface area contributed by atoms with E-state index in [-0.39, 0.29) is 0 Å². The van der Waals surface area contributed by atoms with Crippen LogP contribution in [-0.4, -0.2) is 6.04 Å². The maximum absolute atomic E-state index is 6.74. The molecule has 0 amide bonds. The Bertz CT molecular complexity index is 43.7. The summed E-state index contributed by atoms with van der Waals surface area (Å²) in [7, 11) is 6.74. The van der Waals surface area contributed by atoms with Gasteiger partial charge < -0.3 is 5.32 Å². The standard InChI is InChI=1S/C7H14N/c1-4-5-6-7(2)8-3/h7-8H,4-6H2,1-2H3. The molecule has 0 saturated carbocycles. The summed E-state index contributed by atoms with van der Waals surface area (Å²) in [6.45, 7) is 4.19. The lowest BCUT2D eigenvalue weighted by Crippen LogP contribution is -2.18. The molecule has 0 saturated heterocycles. The van der Waals surface area contributed by atoms with E-state index in [0.29, 0.717) is 6.04 Å². The first-order valence-electron chi connectivity index (χ1n) is 3.23. The van der Waals surface area contributed by atoms with Crippen molar-refractivity contribution >= 4 is 0 Å². The lowest BCUT2D eigenvalue weighted by Gasteiger charge is -2.06. The minimum absolute atomic E-state index is 0.370. The molecule has 0 aromatic heterocycles. The Labute approximate surface area is 52.5 Å². The first kappa shape index (κ1) is 7.96. The van der Waals surface area contributed by atoms with E-state index < -0.39 is 0 Å². The van der Waals surface area contributed by atoms with Crippen molar-refractivity contribution in [1.29, 1.82) is 0 Å². The summed E-state index contributed by atoms with van der Waals surface area (Å²) < 4.78 is 0. The molecule has 0 aromatic carbocycles. The molecule has 0 rings (SSSR count). The number of nitrogens with one attached hydrogen (secondary N) is 1. The van der Waals surface area contributed by atoms with Crippen LogP contribution in [0.15, 0.2) is 0 Å². The van der Waals surface area contributed by atoms with Crippen LogP contribution < -0.4 is 5.32 Å². The molecule has 1 nitrogen and oxygen atoms in total. The van der Waals surface area contributed by atoms with Crippen LogP contribution >= 0.6 is 0 Å². The molecule has 8 heavy (non-hydrogen) atoms. The summed E-state index contributed by atoms with van der Waals surface area (Å²) in [5.41, 5.74) is 0. The highest BCUT2D eigenvalue weighted by atomic mass is 14.8. The van der Waals surface area contributed by atoms with E-state index in [1.54, 1.807) is 0 Å². The number of unbranched alkanes of at least 4 members (excludes halogenated alkanes) is 1. The fourth-order valence-corrected chi connectivity index (χ4v) is 0.582. The molecular weight excluding hydrogens is 98.1 g/mol. The first-order chi connectivity index (χ1) is 3.81. The lowest BCUT2D eigenvalue weighted by molar-refractivity contribution is 0.553. The summed E-state index contributed by atoms with van der Waals surface area (Å²) in [6, 6.07) is 0.370. The highest BCUT2D eigenvalue weighted by Gasteiger charge is 1.93. The zero-order valence-corrected chi connectivity index (χ0v) is 5.70. The van der Waals surface area contributed by atoms with Crippen LogP contribution in [0.5, 0.6) is 0 Å². The molecule has 0 aromatic rings. The van der Waals surface area contributed by atoms with Crippen LogP contribution in [0.4, 0.5) is 0 Å². The molecule has 0 bridgehead atoms. The van der Waals surface area contributed by atoms with E-state index in [9.17, 15) is 0 Å². The second-order valence-corrected chi connectivity index (χ2v) is 2.19. The average molecular weight is 112 g/mol. The maximum Gasteiger partial charge on any atom is 0.0853 e. The predicted octanol–water partition coefficient (Wildman–Crippen LogP) is 1.70. The predicted molar refractivity (Wildman–Crippen MR) is 35.4 cm³/mol. The van der Waals surface area contributed by atoms with Crippen molar-refractivity contribution in [2.24, 2.45) is 0 Å². The highest BCUT2D eigenvalue weighted by Crippen LogP contribution is 1.97. The Hall–Kier alpha value is -0.0400. The third-order valence-corrected chi connectivity index (χ3v) is 1.24. The van der Waals surface area contributed by atoms with Crippen molar-refractivity contribution in [2.75, 3.05) is 0 Å². The molecular formula is C7H14N. The van der Waals surface area contributed by atoms with E-state index in [2.05, 4.69) is 12.2 Å². The van der Waals surface area contributed by atoms with Gasteiger partial charge in [0.2, 0.25) is 0 Å². The van der Waals surface area contributed by atoms with Gasteiger partial charge in [0.25, 0.3) is 0 Å². The van der Waals surface area contributed by atoms with Gasteiger partial charge in [-0.25, -0.2) is 0 Å². The Balaban J connectivity index is 2.86. The quantitative estimate of drug-likeness (QED) is 0.583. The van der Waals surface area contributed by atoms with E-state index in [0.717, 1.165) is 6.42 Å². The smallest absolute Gasteiger partial charge is 0.0853 e. The van der Waals surface area contributed by atoms with Crippen molar-refractivity contribution in [3.05, 3.63) is 7.05 Å². The number of hydrogen-bond donors (Lipinski definition) is 1. The normalized spacial score (nSPS) is 13.9. The minimum Gasteiger partial charge on any atom is -0.304 e. The lowest BCUT2D eigenvalue weighted by atomic mass is 10.1. The monoisotopic (exact) mass is 112 g/mol. The molecule has 1 N–H and O–H groups in total. The SMILES string of the molecule is [C]NC(C)CCCC. The van der Waals surface area contributed by atoms with Crippen molar-refractivity contribution in [3.8, 4) is 0 Å². The molecule has 1 heteroatoms. The van der Waals surface area contributed by atoms with Crippen LogP contribution in [-0.2, 0) is 0 Å². The van der Waals surface area contributed by atoms with Crippen LogP contribution in [0.3, 0.4) is 0 Å². The molecule has 0 aliphatic rings. The molecule has 1 unspecified atom stereocenters. The van der Waals surface area contributed by atoms with Gasteiger partial charge in [-0.2, -0.15) is 0 Å². The van der Waals surface area contributed by atoms with Gasteiger partial charge in [-0.05, 0) is 13.3 Å². The summed E-state index contributed by atoms with van der Waals surface area (Å²) >= 11 is 0. The highest BCUT2D eigenvalue weighted by molar-refractivity contribution is 4.57. The largest absolute Gasteiger partial charge is 0.304 e. The van der Waals surface area contributed by atoms with Gasteiger partial charge in [-0.15, -0.1) is 0 Å². The van der Waals surface area contributed by atoms with Gasteiger partial charge in [0.05, 0.1) is 7.05 Å². The van der Waals surface area contributed by atoms with Gasteiger partial charge >= 0.3 is 0 Å². The molecule has 0 aliphatic heterocycles. The van der Waals surface area contributed by atoms with Crippen LogP contribution in [0.2, 0.25) is 0 Å². The van der Waals surface area contributed by atoms with Crippen molar-refractivity contribution in [3.63, 3.8) is 0 Å². The number of rotatable bonds is 4. The molecule has 1 atom stereocenters. The Morgan fingerprint density at radius 3 is 2.62 bits per heavy atom. The van der Waals surface area contributed by atoms with Gasteiger partial charge in [-0.3, -0.25) is 0 Å². The van der Waals surface area contributed by atoms with Gasteiger partial charge in [0.15, 0.2) is 0 Å². The number of hydrogen-bond acceptors (Lipinski definition) is 1. The third-order valence-electron chi connectivity index (χ3n) is 1.24. The van der Waals surface area contributed by atoms with Gasteiger partial charge in [0, 0.05) is 6.04 Å². The van der Waals surface area contributed by atoms with Crippen LogP contribution in [0, 0.1) is 7.05 Å². The average Bonchev–Trinajstić information content (AvgIpc) is 1.83. The summed E-state index contributed by atoms with van der Waals surface area (Å²) in [5.74, 6) is 0. The summed E-state index contributed by atoms with van der Waals surface area (Å²) in [5, 5.41) is 2.45. The molecule has 0 spiro atoms. The van der Waals surface area contributed by atoms with Crippen molar-refractivity contribution in [1.82, 2.24) is 5.32 Å². The summed E-state index contributed by atoms with van der Waals surface area (Å²) in [4.78, 5) is 0. The molecule has 0 aliphatic carbocycles. The second kappa shape index (κ2) is 5.10. The van der Waals surface area contributed by atoms with E-state index in [1.165, 1.54) is 12.8 Å². The fourth-order valence-electron chi connectivity index (χ4n) is 0.582. The Kier molecular flexibility index (Phi) is 5.08. The topological polar surface area (TPSA) is 12.0 Å². The maximum atomic E-state index is 6.74. The first-order valence-corrected chi connectivity index (χ1v) is 3.23. The molecule has 0 fully saturated rings. The van der Waals surface area contributed by atoms with Gasteiger partial charge in [0.1, 0.15) is 0 Å². The fraction of sp³-hybridized carbons (Fsp3) is 0.857. The Morgan fingerprint density at radius 1 is 1.62 bits per heavy atom. The van der Waals surface area contributed by atoms with Crippen LogP contribution in [0.25, 0.3) is 0 Å². The van der Waals surface area contributed by atoms with Crippen LogP contribution in [0.1, 0.15) is 33.1 Å². The zero-order valence-electron chi connectivity index (χ0n) is 5.70. The minimum atomic E-state index is 0.370. The zero-order chi connectivity index (χ0) is 6.41. The molecule has 3 radical (unpaired) electrons. The van der Waals surface area contributed by atoms with E-state index in [1.807, 2.05) is 6.92 Å². The second-order valence-electron chi connectivity index (χ2n) is 2.19. The molecule has 47 valence electrons.